The van der Waals surface area contributed by atoms with Gasteiger partial charge in [0.05, 0.1) is 39.4 Å². The summed E-state index contributed by atoms with van der Waals surface area (Å²) in [6, 6.07) is 14.5. The van der Waals surface area contributed by atoms with Gasteiger partial charge in [-0.15, -0.1) is 0 Å². The molecule has 3 unspecified atom stereocenters. The number of nitrogens with zero attached hydrogens (tertiary/aromatic N) is 2. The molecule has 2 aromatic carbocycles. The molecule has 0 radical (unpaired) electrons. The first kappa shape index (κ1) is 28.9. The van der Waals surface area contributed by atoms with E-state index in [2.05, 4.69) is 4.90 Å². The molecule has 41 heavy (non-hydrogen) atoms. The highest BCUT2D eigenvalue weighted by Crippen LogP contribution is 2.41. The van der Waals surface area contributed by atoms with Gasteiger partial charge in [0.1, 0.15) is 18.1 Å². The number of fused-ring (bicyclic) bond motifs is 1. The van der Waals surface area contributed by atoms with E-state index in [4.69, 9.17) is 30.5 Å². The molecule has 1 fully saturated rings. The van der Waals surface area contributed by atoms with Crippen LogP contribution in [0.4, 0.5) is 0 Å². The Balaban J connectivity index is 1.21. The third-order valence-corrected chi connectivity index (χ3v) is 8.14. The summed E-state index contributed by atoms with van der Waals surface area (Å²) in [6.07, 6.45) is 5.84. The molecule has 5 rings (SSSR count). The van der Waals surface area contributed by atoms with Crippen LogP contribution in [0.15, 0.2) is 83.8 Å². The fourth-order valence-electron chi connectivity index (χ4n) is 5.64. The Hall–Kier alpha value is -3.59. The lowest BCUT2D eigenvalue weighted by atomic mass is 9.88. The number of benzene rings is 2. The van der Waals surface area contributed by atoms with E-state index in [9.17, 15) is 9.59 Å². The molecule has 0 aromatic heterocycles. The summed E-state index contributed by atoms with van der Waals surface area (Å²) >= 11 is 6.03. The number of morpholine rings is 1. The van der Waals surface area contributed by atoms with Gasteiger partial charge in [0, 0.05) is 41.8 Å². The normalized spacial score (nSPS) is 22.3. The van der Waals surface area contributed by atoms with Crippen LogP contribution in [-0.4, -0.2) is 74.8 Å². The summed E-state index contributed by atoms with van der Waals surface area (Å²) in [6.45, 7) is 4.88. The molecule has 2 heterocycles. The van der Waals surface area contributed by atoms with Crippen LogP contribution in [0.5, 0.6) is 5.75 Å². The minimum Gasteiger partial charge on any atom is -0.497 e. The van der Waals surface area contributed by atoms with Crippen LogP contribution in [0, 0.1) is 5.92 Å². The van der Waals surface area contributed by atoms with Gasteiger partial charge in [-0.3, -0.25) is 14.5 Å². The fourth-order valence-corrected chi connectivity index (χ4v) is 5.77. The van der Waals surface area contributed by atoms with Gasteiger partial charge in [0.25, 0.3) is 5.91 Å². The lowest BCUT2D eigenvalue weighted by molar-refractivity contribution is -0.143. The van der Waals surface area contributed by atoms with E-state index in [1.54, 1.807) is 43.4 Å². The number of allylic oxidation sites excluding steroid dienone is 2. The molecule has 1 saturated heterocycles. The summed E-state index contributed by atoms with van der Waals surface area (Å²) in [7, 11) is 3.26. The van der Waals surface area contributed by atoms with Crippen LogP contribution < -0.4 is 4.74 Å². The topological polar surface area (TPSA) is 77.5 Å². The second-order valence-electron chi connectivity index (χ2n) is 10.3. The van der Waals surface area contributed by atoms with Gasteiger partial charge in [-0.1, -0.05) is 29.8 Å². The zero-order chi connectivity index (χ0) is 28.9. The molecule has 1 aliphatic carbocycles. The maximum Gasteiger partial charge on any atom is 0.310 e. The highest BCUT2D eigenvalue weighted by molar-refractivity contribution is 6.30. The van der Waals surface area contributed by atoms with E-state index >= 15 is 0 Å². The number of carbonyl (C=O) groups is 2. The van der Waals surface area contributed by atoms with Crippen molar-refractivity contribution >= 4 is 23.5 Å². The van der Waals surface area contributed by atoms with Crippen molar-refractivity contribution < 1.29 is 28.5 Å². The number of halogens is 1. The van der Waals surface area contributed by atoms with Gasteiger partial charge < -0.3 is 23.8 Å². The number of amides is 1. The largest absolute Gasteiger partial charge is 0.497 e. The second kappa shape index (κ2) is 12.9. The number of hydrogen-bond acceptors (Lipinski definition) is 7. The molecule has 8 nitrogen and oxygen atoms in total. The van der Waals surface area contributed by atoms with Crippen LogP contribution in [-0.2, 0) is 19.0 Å². The Kier molecular flexibility index (Phi) is 9.12. The molecule has 0 N–H and O–H groups in total. The van der Waals surface area contributed by atoms with Gasteiger partial charge in [-0.2, -0.15) is 0 Å². The van der Waals surface area contributed by atoms with Crippen molar-refractivity contribution in [2.24, 2.45) is 5.92 Å². The van der Waals surface area contributed by atoms with E-state index in [1.807, 2.05) is 49.4 Å². The number of carbonyl (C=O) groups excluding carboxylic acids is 2. The molecular weight excluding hydrogens is 544 g/mol. The number of hydrogen-bond donors (Lipinski definition) is 0. The Labute approximate surface area is 245 Å². The quantitative estimate of drug-likeness (QED) is 0.380. The molecule has 0 spiro atoms. The number of ether oxygens (including phenoxy) is 4. The average molecular weight is 579 g/mol. The van der Waals surface area contributed by atoms with Gasteiger partial charge in [0.15, 0.2) is 0 Å². The summed E-state index contributed by atoms with van der Waals surface area (Å²) in [4.78, 5) is 30.6. The second-order valence-corrected chi connectivity index (χ2v) is 10.7. The molecule has 1 amide bonds. The van der Waals surface area contributed by atoms with Crippen LogP contribution in [0.25, 0.3) is 0 Å². The minimum absolute atomic E-state index is 0.0427. The first-order chi connectivity index (χ1) is 19.9. The molecule has 9 heteroatoms. The van der Waals surface area contributed by atoms with E-state index in [0.717, 1.165) is 35.7 Å². The van der Waals surface area contributed by atoms with E-state index < -0.39 is 0 Å². The van der Waals surface area contributed by atoms with Gasteiger partial charge in [0.2, 0.25) is 0 Å². The third kappa shape index (κ3) is 6.50. The van der Waals surface area contributed by atoms with Gasteiger partial charge in [-0.05, 0) is 66.6 Å². The highest BCUT2D eigenvalue weighted by atomic mass is 35.5. The van der Waals surface area contributed by atoms with Crippen molar-refractivity contribution in [3.63, 3.8) is 0 Å². The third-order valence-electron chi connectivity index (χ3n) is 7.89. The van der Waals surface area contributed by atoms with E-state index in [0.29, 0.717) is 29.5 Å². The van der Waals surface area contributed by atoms with Crippen LogP contribution in [0.1, 0.15) is 35.4 Å². The predicted octanol–water partition coefficient (Wildman–Crippen LogP) is 5.17. The lowest BCUT2D eigenvalue weighted by Gasteiger charge is -2.33. The summed E-state index contributed by atoms with van der Waals surface area (Å²) in [5.74, 6) is 0.867. The standard InChI is InChI=1S/C32H35ClN2O6/c1-21-27(28-18-26(39-3)12-13-29(28)35(21)32(37)23-4-8-24(33)9-5-23)19-31(36)41-17-15-34-14-16-40-30(20-34)22-6-10-25(38-2)11-7-22/h4-13,18,28-30H,14-17,19-20H2,1-3H3. The predicted molar refractivity (Wildman–Crippen MR) is 156 cm³/mol. The molecule has 3 atom stereocenters. The summed E-state index contributed by atoms with van der Waals surface area (Å²) in [5.41, 5.74) is 3.23. The van der Waals surface area contributed by atoms with E-state index in [-0.39, 0.29) is 43.0 Å². The van der Waals surface area contributed by atoms with Crippen molar-refractivity contribution in [3.8, 4) is 5.75 Å². The monoisotopic (exact) mass is 578 g/mol. The Bertz CT molecular complexity index is 1350. The molecule has 216 valence electrons. The smallest absolute Gasteiger partial charge is 0.310 e. The lowest BCUT2D eigenvalue weighted by Crippen LogP contribution is -2.40. The van der Waals surface area contributed by atoms with Gasteiger partial charge >= 0.3 is 5.97 Å². The van der Waals surface area contributed by atoms with Crippen molar-refractivity contribution in [1.82, 2.24) is 9.80 Å². The SMILES string of the molecule is COC1=CC2C(CC(=O)OCCN3CCOC(c4ccc(OC)cc4)C3)=C(C)N(C(=O)c3ccc(Cl)cc3)C2C=C1. The average Bonchev–Trinajstić information content (AvgIpc) is 3.27. The maximum atomic E-state index is 13.5. The highest BCUT2D eigenvalue weighted by Gasteiger charge is 2.42. The maximum absolute atomic E-state index is 13.5. The molecule has 0 saturated carbocycles. The van der Waals surface area contributed by atoms with Crippen molar-refractivity contribution in [1.29, 1.82) is 0 Å². The van der Waals surface area contributed by atoms with Crippen molar-refractivity contribution in [2.45, 2.75) is 25.5 Å². The first-order valence-electron chi connectivity index (χ1n) is 13.7. The van der Waals surface area contributed by atoms with Gasteiger partial charge in [-0.25, -0.2) is 0 Å². The number of esters is 1. The number of methoxy groups -OCH3 is 2. The molecule has 3 aliphatic rings. The molecular formula is C32H35ClN2O6. The van der Waals surface area contributed by atoms with E-state index in [1.165, 1.54) is 0 Å². The Morgan fingerprint density at radius 1 is 1.05 bits per heavy atom. The first-order valence-corrected chi connectivity index (χ1v) is 14.1. The number of rotatable bonds is 9. The van der Waals surface area contributed by atoms with Crippen LogP contribution in [0.3, 0.4) is 0 Å². The zero-order valence-electron chi connectivity index (χ0n) is 23.5. The Morgan fingerprint density at radius 2 is 1.80 bits per heavy atom. The molecule has 0 bridgehead atoms. The van der Waals surface area contributed by atoms with Crippen LogP contribution in [0.2, 0.25) is 5.02 Å². The summed E-state index contributed by atoms with van der Waals surface area (Å²) < 4.78 is 22.4. The summed E-state index contributed by atoms with van der Waals surface area (Å²) in [5, 5.41) is 0.565. The molecule has 2 aromatic rings. The Morgan fingerprint density at radius 3 is 2.51 bits per heavy atom. The fraction of sp³-hybridized carbons (Fsp3) is 0.375. The van der Waals surface area contributed by atoms with Crippen molar-refractivity contribution in [3.05, 3.63) is 99.9 Å². The van der Waals surface area contributed by atoms with Crippen molar-refractivity contribution in [2.75, 3.05) is 47.1 Å². The minimum atomic E-state index is -0.319. The van der Waals surface area contributed by atoms with Crippen LogP contribution >= 0.6 is 11.6 Å². The molecule has 2 aliphatic heterocycles. The zero-order valence-corrected chi connectivity index (χ0v) is 24.3.